The van der Waals surface area contributed by atoms with Gasteiger partial charge in [0.05, 0.1) is 12.5 Å². The number of amides is 1. The summed E-state index contributed by atoms with van der Waals surface area (Å²) < 4.78 is 5.31. The fraction of sp³-hybridized carbons (Fsp3) is 0.588. The van der Waals surface area contributed by atoms with E-state index in [9.17, 15) is 4.79 Å². The second-order valence-electron chi connectivity index (χ2n) is 5.73. The molecule has 1 saturated carbocycles. The molecule has 0 heterocycles. The van der Waals surface area contributed by atoms with Crippen molar-refractivity contribution in [2.45, 2.75) is 37.5 Å². The number of rotatable bonds is 7. The first kappa shape index (κ1) is 18.8. The molecule has 0 bridgehead atoms. The molecular weight excluding hydrogens is 300 g/mol. The molecule has 0 atom stereocenters. The Labute approximate surface area is 139 Å². The highest BCUT2D eigenvalue weighted by Gasteiger charge is 2.42. The first-order valence-corrected chi connectivity index (χ1v) is 7.80. The zero-order valence-corrected chi connectivity index (χ0v) is 14.3. The molecule has 1 aromatic rings. The lowest BCUT2D eigenvalue weighted by molar-refractivity contribution is -0.126. The Kier molecular flexibility index (Phi) is 7.69. The molecule has 2 rings (SSSR count). The maximum atomic E-state index is 12.8. The highest BCUT2D eigenvalue weighted by atomic mass is 35.5. The molecule has 4 nitrogen and oxygen atoms in total. The topological polar surface area (TPSA) is 50.4 Å². The average Bonchev–Trinajstić information content (AvgIpc) is 3.02. The minimum atomic E-state index is -0.367. The van der Waals surface area contributed by atoms with Crippen molar-refractivity contribution in [3.8, 4) is 5.75 Å². The molecule has 1 fully saturated rings. The summed E-state index contributed by atoms with van der Waals surface area (Å²) in [6.45, 7) is 1.65. The van der Waals surface area contributed by atoms with Crippen molar-refractivity contribution in [1.82, 2.24) is 10.6 Å². The van der Waals surface area contributed by atoms with Crippen LogP contribution in [0.4, 0.5) is 0 Å². The van der Waals surface area contributed by atoms with E-state index in [1.807, 2.05) is 25.2 Å². The number of carbonyl (C=O) groups excluding carboxylic acids is 1. The van der Waals surface area contributed by atoms with E-state index >= 15 is 0 Å². The second-order valence-corrected chi connectivity index (χ2v) is 5.73. The fourth-order valence-electron chi connectivity index (χ4n) is 3.18. The summed E-state index contributed by atoms with van der Waals surface area (Å²) in [4.78, 5) is 12.8. The lowest BCUT2D eigenvalue weighted by Crippen LogP contribution is -2.43. The Morgan fingerprint density at radius 2 is 2.00 bits per heavy atom. The smallest absolute Gasteiger partial charge is 0.230 e. The molecule has 0 radical (unpaired) electrons. The summed E-state index contributed by atoms with van der Waals surface area (Å²) in [6.07, 6.45) is 5.04. The van der Waals surface area contributed by atoms with Gasteiger partial charge in [-0.2, -0.15) is 0 Å². The Morgan fingerprint density at radius 1 is 1.27 bits per heavy atom. The van der Waals surface area contributed by atoms with Crippen LogP contribution in [-0.4, -0.2) is 33.2 Å². The van der Waals surface area contributed by atoms with E-state index in [2.05, 4.69) is 16.7 Å². The standard InChI is InChI=1S/C17H26N2O2.ClH/c1-18-11-6-12-19-16(20)17(9-3-4-10-17)14-7-5-8-15(13-14)21-2;/h5,7-8,13,18H,3-4,6,9-12H2,1-2H3,(H,19,20);1H. The second kappa shape index (κ2) is 9.01. The fourth-order valence-corrected chi connectivity index (χ4v) is 3.18. The molecule has 124 valence electrons. The van der Waals surface area contributed by atoms with Crippen molar-refractivity contribution in [2.75, 3.05) is 27.2 Å². The Morgan fingerprint density at radius 3 is 2.64 bits per heavy atom. The predicted molar refractivity (Wildman–Crippen MR) is 91.9 cm³/mol. The normalized spacial score (nSPS) is 15.9. The lowest BCUT2D eigenvalue weighted by atomic mass is 9.78. The molecule has 22 heavy (non-hydrogen) atoms. The van der Waals surface area contributed by atoms with Crippen LogP contribution in [0, 0.1) is 0 Å². The van der Waals surface area contributed by atoms with Gasteiger partial charge in [-0.15, -0.1) is 12.4 Å². The van der Waals surface area contributed by atoms with Crippen LogP contribution in [0.3, 0.4) is 0 Å². The lowest BCUT2D eigenvalue weighted by Gasteiger charge is -2.28. The Balaban J connectivity index is 0.00000242. The van der Waals surface area contributed by atoms with Crippen LogP contribution in [0.25, 0.3) is 0 Å². The molecule has 0 saturated heterocycles. The molecule has 0 aromatic heterocycles. The molecule has 0 aliphatic heterocycles. The number of hydrogen-bond acceptors (Lipinski definition) is 3. The van der Waals surface area contributed by atoms with E-state index < -0.39 is 0 Å². The Bertz CT molecular complexity index is 473. The van der Waals surface area contributed by atoms with Gasteiger partial charge in [-0.1, -0.05) is 25.0 Å². The molecular formula is C17H27ClN2O2. The molecule has 5 heteroatoms. The van der Waals surface area contributed by atoms with E-state index in [4.69, 9.17) is 4.74 Å². The van der Waals surface area contributed by atoms with Crippen LogP contribution in [0.2, 0.25) is 0 Å². The van der Waals surface area contributed by atoms with Gasteiger partial charge in [0.2, 0.25) is 5.91 Å². The zero-order chi connectivity index (χ0) is 15.1. The van der Waals surface area contributed by atoms with Gasteiger partial charge in [0.25, 0.3) is 0 Å². The summed E-state index contributed by atoms with van der Waals surface area (Å²) in [5.74, 6) is 0.992. The molecule has 1 aromatic carbocycles. The molecule has 1 aliphatic rings. The summed E-state index contributed by atoms with van der Waals surface area (Å²) in [7, 11) is 3.59. The van der Waals surface area contributed by atoms with Gasteiger partial charge < -0.3 is 15.4 Å². The van der Waals surface area contributed by atoms with Gasteiger partial charge in [-0.05, 0) is 50.6 Å². The zero-order valence-electron chi connectivity index (χ0n) is 13.5. The minimum absolute atomic E-state index is 0. The third kappa shape index (κ3) is 4.14. The molecule has 1 amide bonds. The van der Waals surface area contributed by atoms with Crippen LogP contribution >= 0.6 is 12.4 Å². The molecule has 2 N–H and O–H groups in total. The minimum Gasteiger partial charge on any atom is -0.497 e. The monoisotopic (exact) mass is 326 g/mol. The van der Waals surface area contributed by atoms with E-state index in [0.29, 0.717) is 0 Å². The van der Waals surface area contributed by atoms with Crippen molar-refractivity contribution in [2.24, 2.45) is 0 Å². The molecule has 0 unspecified atom stereocenters. The van der Waals surface area contributed by atoms with E-state index in [0.717, 1.165) is 56.5 Å². The molecule has 1 aliphatic carbocycles. The van der Waals surface area contributed by atoms with Gasteiger partial charge >= 0.3 is 0 Å². The predicted octanol–water partition coefficient (Wildman–Crippen LogP) is 2.65. The van der Waals surface area contributed by atoms with E-state index in [-0.39, 0.29) is 23.7 Å². The first-order chi connectivity index (χ1) is 10.2. The van der Waals surface area contributed by atoms with Crippen LogP contribution < -0.4 is 15.4 Å². The molecule has 0 spiro atoms. The number of ether oxygens (including phenoxy) is 1. The average molecular weight is 327 g/mol. The quantitative estimate of drug-likeness (QED) is 0.757. The van der Waals surface area contributed by atoms with Crippen molar-refractivity contribution in [3.05, 3.63) is 29.8 Å². The largest absolute Gasteiger partial charge is 0.497 e. The summed E-state index contributed by atoms with van der Waals surface area (Å²) in [5.41, 5.74) is 0.722. The van der Waals surface area contributed by atoms with Gasteiger partial charge in [0, 0.05) is 6.54 Å². The summed E-state index contributed by atoms with van der Waals surface area (Å²) in [6, 6.07) is 7.97. The summed E-state index contributed by atoms with van der Waals surface area (Å²) in [5, 5.41) is 6.22. The van der Waals surface area contributed by atoms with Crippen molar-refractivity contribution < 1.29 is 9.53 Å². The Hall–Kier alpha value is -1.26. The number of hydrogen-bond donors (Lipinski definition) is 2. The van der Waals surface area contributed by atoms with Gasteiger partial charge in [0.1, 0.15) is 5.75 Å². The van der Waals surface area contributed by atoms with Crippen LogP contribution in [0.1, 0.15) is 37.7 Å². The van der Waals surface area contributed by atoms with Gasteiger partial charge in [0.15, 0.2) is 0 Å². The number of benzene rings is 1. The van der Waals surface area contributed by atoms with Gasteiger partial charge in [-0.3, -0.25) is 4.79 Å². The van der Waals surface area contributed by atoms with Crippen molar-refractivity contribution >= 4 is 18.3 Å². The number of carbonyl (C=O) groups is 1. The van der Waals surface area contributed by atoms with Crippen LogP contribution in [0.15, 0.2) is 24.3 Å². The van der Waals surface area contributed by atoms with E-state index in [1.54, 1.807) is 7.11 Å². The maximum Gasteiger partial charge on any atom is 0.230 e. The van der Waals surface area contributed by atoms with Crippen molar-refractivity contribution in [3.63, 3.8) is 0 Å². The highest BCUT2D eigenvalue weighted by molar-refractivity contribution is 5.88. The third-order valence-corrected chi connectivity index (χ3v) is 4.40. The van der Waals surface area contributed by atoms with E-state index in [1.165, 1.54) is 0 Å². The number of nitrogens with one attached hydrogen (secondary N) is 2. The maximum absolute atomic E-state index is 12.8. The number of halogens is 1. The third-order valence-electron chi connectivity index (χ3n) is 4.40. The van der Waals surface area contributed by atoms with Gasteiger partial charge in [-0.25, -0.2) is 0 Å². The summed E-state index contributed by atoms with van der Waals surface area (Å²) >= 11 is 0. The number of methoxy groups -OCH3 is 1. The van der Waals surface area contributed by atoms with Crippen LogP contribution in [0.5, 0.6) is 5.75 Å². The van der Waals surface area contributed by atoms with Crippen LogP contribution in [-0.2, 0) is 10.2 Å². The highest BCUT2D eigenvalue weighted by Crippen LogP contribution is 2.42. The van der Waals surface area contributed by atoms with Crippen molar-refractivity contribution in [1.29, 1.82) is 0 Å². The SMILES string of the molecule is CNCCCNC(=O)C1(c2cccc(OC)c2)CCCC1.Cl. The first-order valence-electron chi connectivity index (χ1n) is 7.80.